The predicted molar refractivity (Wildman–Crippen MR) is 54.6 cm³/mol. The number of benzene rings is 1. The lowest BCUT2D eigenvalue weighted by molar-refractivity contribution is 0.139. The lowest BCUT2D eigenvalue weighted by Crippen LogP contribution is -2.48. The van der Waals surface area contributed by atoms with Gasteiger partial charge in [0.15, 0.2) is 0 Å². The summed E-state index contributed by atoms with van der Waals surface area (Å²) in [5.74, 6) is -1.07. The molecule has 1 aliphatic heterocycles. The molecule has 0 spiro atoms. The second kappa shape index (κ2) is 4.47. The van der Waals surface area contributed by atoms with Gasteiger partial charge in [-0.3, -0.25) is 4.90 Å². The van der Waals surface area contributed by atoms with Crippen molar-refractivity contribution in [3.05, 3.63) is 45.8 Å². The van der Waals surface area contributed by atoms with Crippen molar-refractivity contribution in [2.24, 2.45) is 5.11 Å². The molecule has 16 heavy (non-hydrogen) atoms. The van der Waals surface area contributed by atoms with Crippen LogP contribution >= 0.6 is 0 Å². The van der Waals surface area contributed by atoms with Crippen LogP contribution in [0.25, 0.3) is 10.4 Å². The smallest absolute Gasteiger partial charge is 0.130 e. The van der Waals surface area contributed by atoms with Crippen LogP contribution in [0.3, 0.4) is 0 Å². The molecular formula is C10H10F2N4. The Balaban J connectivity index is 1.99. The number of likely N-dealkylation sites (tertiary alicyclic amines) is 1. The van der Waals surface area contributed by atoms with Crippen LogP contribution < -0.4 is 0 Å². The Kier molecular flexibility index (Phi) is 3.03. The lowest BCUT2D eigenvalue weighted by atomic mass is 10.1. The minimum atomic E-state index is -0.535. The fraction of sp³-hybridized carbons (Fsp3) is 0.400. The maximum atomic E-state index is 13.3. The molecule has 2 rings (SSSR count). The maximum Gasteiger partial charge on any atom is 0.130 e. The molecular weight excluding hydrogens is 214 g/mol. The molecule has 4 nitrogen and oxygen atoms in total. The summed E-state index contributed by atoms with van der Waals surface area (Å²) in [6, 6.07) is 3.75. The van der Waals surface area contributed by atoms with Gasteiger partial charge in [-0.1, -0.05) is 11.2 Å². The largest absolute Gasteiger partial charge is 0.298 e. The number of rotatable bonds is 3. The quantitative estimate of drug-likeness (QED) is 0.442. The van der Waals surface area contributed by atoms with E-state index in [0.29, 0.717) is 13.1 Å². The van der Waals surface area contributed by atoms with Crippen molar-refractivity contribution in [1.29, 1.82) is 0 Å². The Hall–Kier alpha value is -1.65. The van der Waals surface area contributed by atoms with E-state index in [1.54, 1.807) is 0 Å². The van der Waals surface area contributed by atoms with Gasteiger partial charge in [0, 0.05) is 30.1 Å². The minimum Gasteiger partial charge on any atom is -0.298 e. The topological polar surface area (TPSA) is 52.0 Å². The van der Waals surface area contributed by atoms with Gasteiger partial charge in [0.25, 0.3) is 0 Å². The van der Waals surface area contributed by atoms with Gasteiger partial charge in [0.1, 0.15) is 11.6 Å². The van der Waals surface area contributed by atoms with Crippen molar-refractivity contribution in [2.45, 2.75) is 12.6 Å². The third kappa shape index (κ3) is 2.13. The van der Waals surface area contributed by atoms with Gasteiger partial charge in [0.2, 0.25) is 0 Å². The molecule has 1 aliphatic rings. The van der Waals surface area contributed by atoms with E-state index in [9.17, 15) is 8.78 Å². The van der Waals surface area contributed by atoms with E-state index < -0.39 is 11.6 Å². The maximum absolute atomic E-state index is 13.3. The Labute approximate surface area is 91.1 Å². The zero-order valence-corrected chi connectivity index (χ0v) is 8.48. The average Bonchev–Trinajstić information content (AvgIpc) is 2.19. The number of nitrogens with zero attached hydrogens (tertiary/aromatic N) is 4. The van der Waals surface area contributed by atoms with Gasteiger partial charge >= 0.3 is 0 Å². The van der Waals surface area contributed by atoms with E-state index in [1.165, 1.54) is 18.2 Å². The van der Waals surface area contributed by atoms with E-state index in [2.05, 4.69) is 10.0 Å². The molecule has 1 aromatic carbocycles. The van der Waals surface area contributed by atoms with Gasteiger partial charge in [-0.2, -0.15) is 0 Å². The Morgan fingerprint density at radius 3 is 2.56 bits per heavy atom. The molecule has 0 unspecified atom stereocenters. The van der Waals surface area contributed by atoms with Gasteiger partial charge in [-0.05, 0) is 17.7 Å². The van der Waals surface area contributed by atoms with Crippen LogP contribution in [0.2, 0.25) is 0 Å². The Morgan fingerprint density at radius 1 is 1.38 bits per heavy atom. The highest BCUT2D eigenvalue weighted by atomic mass is 19.1. The molecule has 1 saturated heterocycles. The normalized spacial score (nSPS) is 16.6. The number of hydrogen-bond acceptors (Lipinski definition) is 2. The Bertz CT molecular complexity index is 416. The summed E-state index contributed by atoms with van der Waals surface area (Å²) in [5.41, 5.74) is 8.26. The van der Waals surface area contributed by atoms with Crippen molar-refractivity contribution in [3.63, 3.8) is 0 Å². The van der Waals surface area contributed by atoms with Crippen molar-refractivity contribution < 1.29 is 8.78 Å². The van der Waals surface area contributed by atoms with Crippen LogP contribution in [0.5, 0.6) is 0 Å². The van der Waals surface area contributed by atoms with E-state index in [-0.39, 0.29) is 18.2 Å². The number of azide groups is 1. The molecule has 0 aromatic heterocycles. The summed E-state index contributed by atoms with van der Waals surface area (Å²) < 4.78 is 26.5. The molecule has 84 valence electrons. The fourth-order valence-electron chi connectivity index (χ4n) is 1.72. The van der Waals surface area contributed by atoms with Crippen LogP contribution in [0.1, 0.15) is 5.56 Å². The first-order chi connectivity index (χ1) is 7.70. The fourth-order valence-corrected chi connectivity index (χ4v) is 1.72. The number of hydrogen-bond donors (Lipinski definition) is 0. The molecule has 0 atom stereocenters. The lowest BCUT2D eigenvalue weighted by Gasteiger charge is -2.36. The standard InChI is InChI=1S/C10H10F2N4/c11-9-2-1-3-10(12)8(9)6-16-4-7(5-16)14-15-13/h1-3,7H,4-6H2. The van der Waals surface area contributed by atoms with E-state index in [0.717, 1.165) is 0 Å². The summed E-state index contributed by atoms with van der Waals surface area (Å²) in [6.07, 6.45) is 0. The van der Waals surface area contributed by atoms with Crippen molar-refractivity contribution in [3.8, 4) is 0 Å². The summed E-state index contributed by atoms with van der Waals surface area (Å²) in [5, 5.41) is 3.52. The monoisotopic (exact) mass is 224 g/mol. The molecule has 1 fully saturated rings. The van der Waals surface area contributed by atoms with Crippen molar-refractivity contribution in [2.75, 3.05) is 13.1 Å². The third-order valence-electron chi connectivity index (χ3n) is 2.60. The van der Waals surface area contributed by atoms with E-state index in [1.807, 2.05) is 4.90 Å². The molecule has 0 amide bonds. The van der Waals surface area contributed by atoms with Gasteiger partial charge < -0.3 is 0 Å². The first-order valence-corrected chi connectivity index (χ1v) is 4.90. The van der Waals surface area contributed by atoms with E-state index in [4.69, 9.17) is 5.53 Å². The molecule has 0 aliphatic carbocycles. The van der Waals surface area contributed by atoms with Gasteiger partial charge in [-0.15, -0.1) is 0 Å². The molecule has 0 radical (unpaired) electrons. The molecule has 1 heterocycles. The highest BCUT2D eigenvalue weighted by Gasteiger charge is 2.26. The van der Waals surface area contributed by atoms with Crippen LogP contribution in [0.4, 0.5) is 8.78 Å². The second-order valence-electron chi connectivity index (χ2n) is 3.75. The minimum absolute atomic E-state index is 0.0696. The zero-order chi connectivity index (χ0) is 11.5. The molecule has 6 heteroatoms. The molecule has 0 N–H and O–H groups in total. The molecule has 0 saturated carbocycles. The SMILES string of the molecule is [N-]=[N+]=NC1CN(Cc2c(F)cccc2F)C1. The van der Waals surface area contributed by atoms with Gasteiger partial charge in [-0.25, -0.2) is 8.78 Å². The summed E-state index contributed by atoms with van der Waals surface area (Å²) in [7, 11) is 0. The summed E-state index contributed by atoms with van der Waals surface area (Å²) in [6.45, 7) is 1.33. The van der Waals surface area contributed by atoms with Crippen molar-refractivity contribution >= 4 is 0 Å². The third-order valence-corrected chi connectivity index (χ3v) is 2.60. The molecule has 0 bridgehead atoms. The predicted octanol–water partition coefficient (Wildman–Crippen LogP) is 2.46. The highest BCUT2D eigenvalue weighted by molar-refractivity contribution is 5.20. The second-order valence-corrected chi connectivity index (χ2v) is 3.75. The van der Waals surface area contributed by atoms with Crippen LogP contribution in [0.15, 0.2) is 23.3 Å². The average molecular weight is 224 g/mol. The van der Waals surface area contributed by atoms with Crippen LogP contribution in [-0.2, 0) is 6.54 Å². The Morgan fingerprint density at radius 2 is 2.00 bits per heavy atom. The first kappa shape index (κ1) is 10.9. The van der Waals surface area contributed by atoms with E-state index >= 15 is 0 Å². The van der Waals surface area contributed by atoms with Crippen LogP contribution in [0, 0.1) is 11.6 Å². The van der Waals surface area contributed by atoms with Crippen molar-refractivity contribution in [1.82, 2.24) is 4.90 Å². The van der Waals surface area contributed by atoms with Crippen LogP contribution in [-0.4, -0.2) is 24.0 Å². The highest BCUT2D eigenvalue weighted by Crippen LogP contribution is 2.19. The van der Waals surface area contributed by atoms with Gasteiger partial charge in [0.05, 0.1) is 6.04 Å². The molecule has 1 aromatic rings. The summed E-state index contributed by atoms with van der Waals surface area (Å²) >= 11 is 0. The first-order valence-electron chi connectivity index (χ1n) is 4.90. The number of halogens is 2. The summed E-state index contributed by atoms with van der Waals surface area (Å²) in [4.78, 5) is 4.52. The zero-order valence-electron chi connectivity index (χ0n) is 8.48.